The first-order valence-corrected chi connectivity index (χ1v) is 12.5. The van der Waals surface area contributed by atoms with Gasteiger partial charge in [0.25, 0.3) is 5.91 Å². The molecule has 4 nitrogen and oxygen atoms in total. The lowest BCUT2D eigenvalue weighted by Crippen LogP contribution is -2.40. The Kier molecular flexibility index (Phi) is 7.82. The van der Waals surface area contributed by atoms with Gasteiger partial charge < -0.3 is 4.42 Å². The fourth-order valence-corrected chi connectivity index (χ4v) is 5.66. The molecule has 2 fully saturated rings. The molecule has 0 saturated heterocycles. The number of amides is 1. The van der Waals surface area contributed by atoms with Crippen molar-refractivity contribution in [3.05, 3.63) is 48.0 Å². The number of nitrogens with zero attached hydrogens (tertiary/aromatic N) is 2. The Bertz CT molecular complexity index is 793. The van der Waals surface area contributed by atoms with E-state index in [9.17, 15) is 4.79 Å². The summed E-state index contributed by atoms with van der Waals surface area (Å²) in [5.41, 5.74) is 1.10. The van der Waals surface area contributed by atoms with Crippen LogP contribution in [0, 0.1) is 18.8 Å². The molecule has 0 spiro atoms. The minimum absolute atomic E-state index is 0.0675. The van der Waals surface area contributed by atoms with Crippen LogP contribution in [0.25, 0.3) is 0 Å². The maximum Gasteiger partial charge on any atom is 0.295 e. The molecule has 4 heteroatoms. The normalized spacial score (nSPS) is 22.7. The average molecular weight is 423 g/mol. The Morgan fingerprint density at radius 2 is 1.74 bits per heavy atom. The van der Waals surface area contributed by atoms with E-state index < -0.39 is 0 Å². The second-order valence-electron chi connectivity index (χ2n) is 9.81. The first kappa shape index (κ1) is 22.1. The van der Waals surface area contributed by atoms with Gasteiger partial charge in [0.15, 0.2) is 5.76 Å². The van der Waals surface area contributed by atoms with E-state index in [1.807, 2.05) is 30.2 Å². The smallest absolute Gasteiger partial charge is 0.295 e. The molecule has 0 aliphatic heterocycles. The van der Waals surface area contributed by atoms with Crippen LogP contribution in [0.3, 0.4) is 0 Å². The summed E-state index contributed by atoms with van der Waals surface area (Å²) in [5.74, 6) is 2.87. The lowest BCUT2D eigenvalue weighted by atomic mass is 9.84. The Labute approximate surface area is 187 Å². The summed E-state index contributed by atoms with van der Waals surface area (Å²) in [6, 6.07) is 7.74. The van der Waals surface area contributed by atoms with Gasteiger partial charge in [0.1, 0.15) is 5.82 Å². The van der Waals surface area contributed by atoms with Gasteiger partial charge in [-0.1, -0.05) is 70.3 Å². The Balaban J connectivity index is 1.38. The molecule has 4 rings (SSSR count). The summed E-state index contributed by atoms with van der Waals surface area (Å²) in [6.45, 7) is 2.03. The molecule has 31 heavy (non-hydrogen) atoms. The SMILES string of the molecule is Cc1ccc(N(C(=O)c2ccco2)C2CCC[C@H](CCCC3CCCCC3)CC2)nc1. The number of hydrogen-bond acceptors (Lipinski definition) is 3. The largest absolute Gasteiger partial charge is 0.459 e. The van der Waals surface area contributed by atoms with Crippen LogP contribution < -0.4 is 4.90 Å². The number of pyridine rings is 1. The van der Waals surface area contributed by atoms with Gasteiger partial charge in [-0.05, 0) is 61.8 Å². The van der Waals surface area contributed by atoms with E-state index in [1.54, 1.807) is 18.4 Å². The van der Waals surface area contributed by atoms with Gasteiger partial charge in [0.2, 0.25) is 0 Å². The molecule has 2 aliphatic carbocycles. The molecule has 2 atom stereocenters. The zero-order chi connectivity index (χ0) is 21.5. The third-order valence-corrected chi connectivity index (χ3v) is 7.47. The van der Waals surface area contributed by atoms with Crippen molar-refractivity contribution in [1.29, 1.82) is 0 Å². The molecule has 2 saturated carbocycles. The summed E-state index contributed by atoms with van der Waals surface area (Å²) in [7, 11) is 0. The van der Waals surface area contributed by atoms with E-state index >= 15 is 0 Å². The van der Waals surface area contributed by atoms with E-state index in [4.69, 9.17) is 4.42 Å². The predicted octanol–water partition coefficient (Wildman–Crippen LogP) is 7.33. The first-order chi connectivity index (χ1) is 15.2. The molecule has 1 amide bonds. The van der Waals surface area contributed by atoms with Gasteiger partial charge in [-0.2, -0.15) is 0 Å². The number of hydrogen-bond donors (Lipinski definition) is 0. The highest BCUT2D eigenvalue weighted by Gasteiger charge is 2.31. The van der Waals surface area contributed by atoms with Crippen LogP contribution in [-0.2, 0) is 0 Å². The lowest BCUT2D eigenvalue weighted by Gasteiger charge is -2.30. The zero-order valence-corrected chi connectivity index (χ0v) is 19.1. The molecule has 168 valence electrons. The average Bonchev–Trinajstić information content (AvgIpc) is 3.24. The summed E-state index contributed by atoms with van der Waals surface area (Å²) in [5, 5.41) is 0. The fraction of sp³-hybridized carbons (Fsp3) is 0.630. The van der Waals surface area contributed by atoms with Gasteiger partial charge in [-0.25, -0.2) is 4.98 Å². The number of furan rings is 1. The Morgan fingerprint density at radius 1 is 0.968 bits per heavy atom. The highest BCUT2D eigenvalue weighted by atomic mass is 16.3. The Hall–Kier alpha value is -2.10. The number of rotatable bonds is 7. The van der Waals surface area contributed by atoms with Crippen LogP contribution in [0.1, 0.15) is 99.6 Å². The monoisotopic (exact) mass is 422 g/mol. The maximum atomic E-state index is 13.3. The second kappa shape index (κ2) is 11.0. The zero-order valence-electron chi connectivity index (χ0n) is 19.1. The van der Waals surface area contributed by atoms with Crippen LogP contribution >= 0.6 is 0 Å². The lowest BCUT2D eigenvalue weighted by molar-refractivity contribution is 0.0946. The highest BCUT2D eigenvalue weighted by molar-refractivity contribution is 6.04. The second-order valence-corrected chi connectivity index (χ2v) is 9.81. The van der Waals surface area contributed by atoms with E-state index in [2.05, 4.69) is 4.98 Å². The van der Waals surface area contributed by atoms with Gasteiger partial charge in [-0.15, -0.1) is 0 Å². The van der Waals surface area contributed by atoms with E-state index in [0.717, 1.165) is 36.1 Å². The van der Waals surface area contributed by atoms with Gasteiger partial charge in [-0.3, -0.25) is 9.69 Å². The fourth-order valence-electron chi connectivity index (χ4n) is 5.66. The summed E-state index contributed by atoms with van der Waals surface area (Å²) in [6.07, 6.45) is 20.6. The first-order valence-electron chi connectivity index (χ1n) is 12.5. The third-order valence-electron chi connectivity index (χ3n) is 7.47. The van der Waals surface area contributed by atoms with Crippen molar-refractivity contribution in [3.63, 3.8) is 0 Å². The molecule has 2 aromatic heterocycles. The van der Waals surface area contributed by atoms with Crippen molar-refractivity contribution < 1.29 is 9.21 Å². The van der Waals surface area contributed by atoms with Crippen molar-refractivity contribution in [2.45, 2.75) is 96.4 Å². The maximum absolute atomic E-state index is 13.3. The third kappa shape index (κ3) is 5.99. The number of aromatic nitrogens is 1. The molecule has 2 aliphatic rings. The van der Waals surface area contributed by atoms with Crippen LogP contribution in [-0.4, -0.2) is 16.9 Å². The van der Waals surface area contributed by atoms with Crippen molar-refractivity contribution >= 4 is 11.7 Å². The van der Waals surface area contributed by atoms with E-state index in [0.29, 0.717) is 5.76 Å². The minimum atomic E-state index is -0.0675. The van der Waals surface area contributed by atoms with Crippen LogP contribution in [0.2, 0.25) is 0 Å². The topological polar surface area (TPSA) is 46.3 Å². The van der Waals surface area contributed by atoms with E-state index in [-0.39, 0.29) is 11.9 Å². The molecular formula is C27H38N2O2. The van der Waals surface area contributed by atoms with Crippen LogP contribution in [0.5, 0.6) is 0 Å². The van der Waals surface area contributed by atoms with Gasteiger partial charge >= 0.3 is 0 Å². The predicted molar refractivity (Wildman–Crippen MR) is 125 cm³/mol. The molecule has 0 aromatic carbocycles. The summed E-state index contributed by atoms with van der Waals surface area (Å²) >= 11 is 0. The van der Waals surface area contributed by atoms with Gasteiger partial charge in [0.05, 0.1) is 6.26 Å². The molecule has 0 radical (unpaired) electrons. The number of aryl methyl sites for hydroxylation is 1. The van der Waals surface area contributed by atoms with Crippen LogP contribution in [0.4, 0.5) is 5.82 Å². The molecule has 0 bridgehead atoms. The van der Waals surface area contributed by atoms with Crippen LogP contribution in [0.15, 0.2) is 41.1 Å². The number of anilines is 1. The quantitative estimate of drug-likeness (QED) is 0.439. The molecule has 0 N–H and O–H groups in total. The summed E-state index contributed by atoms with van der Waals surface area (Å²) in [4.78, 5) is 19.8. The van der Waals surface area contributed by atoms with Crippen molar-refractivity contribution in [2.75, 3.05) is 4.90 Å². The molecule has 2 aromatic rings. The molecular weight excluding hydrogens is 384 g/mol. The standard InChI is InChI=1S/C27H38N2O2/c1-21-15-18-26(28-20-21)29(27(30)25-14-7-19-31-25)24-13-6-12-23(16-17-24)11-5-10-22-8-3-2-4-9-22/h7,14-15,18-20,22-24H,2-6,8-13,16-17H2,1H3/t23-,24?/m0/s1. The van der Waals surface area contributed by atoms with Crippen molar-refractivity contribution in [1.82, 2.24) is 4.98 Å². The van der Waals surface area contributed by atoms with E-state index in [1.165, 1.54) is 70.6 Å². The summed E-state index contributed by atoms with van der Waals surface area (Å²) < 4.78 is 5.46. The number of carbonyl (C=O) groups excluding carboxylic acids is 1. The minimum Gasteiger partial charge on any atom is -0.459 e. The van der Waals surface area contributed by atoms with Crippen molar-refractivity contribution in [3.8, 4) is 0 Å². The molecule has 2 heterocycles. The Morgan fingerprint density at radius 3 is 2.45 bits per heavy atom. The van der Waals surface area contributed by atoms with Crippen molar-refractivity contribution in [2.24, 2.45) is 11.8 Å². The van der Waals surface area contributed by atoms with Gasteiger partial charge in [0, 0.05) is 12.2 Å². The number of carbonyl (C=O) groups is 1. The molecule has 1 unspecified atom stereocenters. The highest BCUT2D eigenvalue weighted by Crippen LogP contribution is 2.34.